The molecule has 3 heterocycles. The fraction of sp³-hybridized carbons (Fsp3) is 0.750. The molecule has 0 aromatic heterocycles. The van der Waals surface area contributed by atoms with Crippen LogP contribution in [0.2, 0.25) is 0 Å². The minimum Gasteiger partial charge on any atom is -0.478 e. The highest BCUT2D eigenvalue weighted by molar-refractivity contribution is 5.92. The second-order valence-corrected chi connectivity index (χ2v) is 11.0. The van der Waals surface area contributed by atoms with Crippen molar-refractivity contribution in [1.29, 1.82) is 0 Å². The molecule has 172 valence electrons. The summed E-state index contributed by atoms with van der Waals surface area (Å²) in [6.07, 6.45) is 4.68. The van der Waals surface area contributed by atoms with E-state index in [1.54, 1.807) is 0 Å². The van der Waals surface area contributed by atoms with E-state index in [-0.39, 0.29) is 55.2 Å². The van der Waals surface area contributed by atoms with Crippen molar-refractivity contribution in [2.24, 2.45) is 23.2 Å². The highest BCUT2D eigenvalue weighted by atomic mass is 16.7. The zero-order chi connectivity index (χ0) is 22.3. The highest BCUT2D eigenvalue weighted by Gasteiger charge is 2.99. The first-order chi connectivity index (χ1) is 15.2. The van der Waals surface area contributed by atoms with Gasteiger partial charge in [0.2, 0.25) is 0 Å². The lowest BCUT2D eigenvalue weighted by atomic mass is 9.50. The predicted molar refractivity (Wildman–Crippen MR) is 107 cm³/mol. The van der Waals surface area contributed by atoms with E-state index < -0.39 is 28.2 Å². The maximum Gasteiger partial charge on any atom is 0.334 e. The van der Waals surface area contributed by atoms with Crippen LogP contribution in [0.5, 0.6) is 0 Å². The fourth-order valence-electron chi connectivity index (χ4n) is 8.56. The molecular formula is C24H28O8. The summed E-state index contributed by atoms with van der Waals surface area (Å²) < 4.78 is 24.7. The number of fused-ring (bicyclic) bond motifs is 4. The van der Waals surface area contributed by atoms with Crippen LogP contribution in [0.1, 0.15) is 39.5 Å². The van der Waals surface area contributed by atoms with Crippen molar-refractivity contribution in [3.05, 3.63) is 23.3 Å². The summed E-state index contributed by atoms with van der Waals surface area (Å²) in [6.45, 7) is 4.69. The first-order valence-electron chi connectivity index (χ1n) is 11.7. The Morgan fingerprint density at radius 1 is 1.34 bits per heavy atom. The summed E-state index contributed by atoms with van der Waals surface area (Å²) in [5.74, 6) is -0.978. The molecule has 7 rings (SSSR count). The Morgan fingerprint density at radius 2 is 2.16 bits per heavy atom. The van der Waals surface area contributed by atoms with Crippen molar-refractivity contribution in [3.63, 3.8) is 0 Å². The largest absolute Gasteiger partial charge is 0.478 e. The topological polar surface area (TPSA) is 118 Å². The highest BCUT2D eigenvalue weighted by Crippen LogP contribution is 2.88. The summed E-state index contributed by atoms with van der Waals surface area (Å²) in [4.78, 5) is 23.1. The van der Waals surface area contributed by atoms with Gasteiger partial charge in [-0.3, -0.25) is 0 Å². The van der Waals surface area contributed by atoms with Gasteiger partial charge in [0.25, 0.3) is 0 Å². The SMILES string of the molecule is CC(C)[C@]12O[C@H]1[C@@H]1C[C@]13[C@]1(O[C@H]1C[C@H]1C4=C(CC[C@@]13O)C(=O)OC4)[C@@H]2OC/C=C\C(=O)O. The molecule has 8 nitrogen and oxygen atoms in total. The third-order valence-corrected chi connectivity index (χ3v) is 9.84. The maximum atomic E-state index is 12.3. The van der Waals surface area contributed by atoms with Gasteiger partial charge < -0.3 is 29.2 Å². The zero-order valence-corrected chi connectivity index (χ0v) is 18.2. The number of esters is 1. The molecule has 0 unspecified atom stereocenters. The summed E-state index contributed by atoms with van der Waals surface area (Å²) in [7, 11) is 0. The van der Waals surface area contributed by atoms with E-state index >= 15 is 0 Å². The monoisotopic (exact) mass is 444 g/mol. The third-order valence-electron chi connectivity index (χ3n) is 9.84. The number of hydrogen-bond donors (Lipinski definition) is 2. The number of cyclic esters (lactones) is 1. The average molecular weight is 444 g/mol. The van der Waals surface area contributed by atoms with E-state index in [1.807, 2.05) is 0 Å². The van der Waals surface area contributed by atoms with Crippen molar-refractivity contribution in [3.8, 4) is 0 Å². The molecule has 7 aliphatic rings. The molecule has 0 bridgehead atoms. The Morgan fingerprint density at radius 3 is 2.91 bits per heavy atom. The first-order valence-corrected chi connectivity index (χ1v) is 11.7. The molecule has 0 radical (unpaired) electrons. The number of carbonyl (C=O) groups is 2. The third kappa shape index (κ3) is 1.90. The van der Waals surface area contributed by atoms with Gasteiger partial charge in [-0.05, 0) is 37.2 Å². The molecule has 9 atom stereocenters. The Balaban J connectivity index is 1.30. The van der Waals surface area contributed by atoms with E-state index in [0.29, 0.717) is 19.3 Å². The van der Waals surface area contributed by atoms with Gasteiger partial charge in [0.1, 0.15) is 23.9 Å². The molecular weight excluding hydrogens is 416 g/mol. The van der Waals surface area contributed by atoms with Crippen molar-refractivity contribution in [1.82, 2.24) is 0 Å². The number of epoxide rings is 2. The zero-order valence-electron chi connectivity index (χ0n) is 18.2. The van der Waals surface area contributed by atoms with Crippen LogP contribution in [-0.4, -0.2) is 70.5 Å². The standard InChI is InChI=1S/C24H28O8/c1-11(2)23-18(32-23)15-9-21(15)22(28)6-5-12-13(10-30-19(12)27)14(22)8-16-24(21,31-16)20(23)29-7-3-4-17(25)26/h3-4,11,14-16,18,20,28H,5-10H2,1-2H3,(H,25,26)/b4-3-/t14-,15-,16-,18-,20+,21-,22+,23-,24+/m0/s1. The van der Waals surface area contributed by atoms with Crippen LogP contribution in [-0.2, 0) is 28.5 Å². The van der Waals surface area contributed by atoms with Gasteiger partial charge in [0, 0.05) is 28.9 Å². The number of ether oxygens (including phenoxy) is 4. The van der Waals surface area contributed by atoms with Crippen LogP contribution in [0.15, 0.2) is 23.3 Å². The van der Waals surface area contributed by atoms with Gasteiger partial charge in [0.15, 0.2) is 0 Å². The molecule has 0 aromatic rings. The molecule has 4 aliphatic carbocycles. The normalized spacial score (nSPS) is 53.6. The Kier molecular flexibility index (Phi) is 3.48. The minimum atomic E-state index is -1.01. The quantitative estimate of drug-likeness (QED) is 0.371. The van der Waals surface area contributed by atoms with Crippen molar-refractivity contribution >= 4 is 11.9 Å². The summed E-state index contributed by atoms with van der Waals surface area (Å²) >= 11 is 0. The van der Waals surface area contributed by atoms with E-state index in [1.165, 1.54) is 6.08 Å². The number of hydrogen-bond acceptors (Lipinski definition) is 7. The van der Waals surface area contributed by atoms with Crippen LogP contribution in [0.4, 0.5) is 0 Å². The second kappa shape index (κ2) is 5.66. The smallest absolute Gasteiger partial charge is 0.334 e. The first kappa shape index (κ1) is 19.7. The Bertz CT molecular complexity index is 1020. The number of rotatable bonds is 5. The van der Waals surface area contributed by atoms with E-state index in [2.05, 4.69) is 13.8 Å². The molecule has 2 spiro atoms. The van der Waals surface area contributed by atoms with Crippen LogP contribution >= 0.6 is 0 Å². The van der Waals surface area contributed by atoms with Crippen LogP contribution in [0.25, 0.3) is 0 Å². The lowest BCUT2D eigenvalue weighted by Crippen LogP contribution is -2.69. The van der Waals surface area contributed by atoms with E-state index in [4.69, 9.17) is 24.1 Å². The van der Waals surface area contributed by atoms with Gasteiger partial charge in [-0.25, -0.2) is 9.59 Å². The Hall–Kier alpha value is -1.74. The lowest BCUT2D eigenvalue weighted by Gasteiger charge is -2.55. The number of carboxylic acids is 1. The number of aliphatic carboxylic acids is 1. The molecule has 0 aromatic carbocycles. The average Bonchev–Trinajstić information content (AvgIpc) is 3.63. The molecule has 2 saturated heterocycles. The van der Waals surface area contributed by atoms with Gasteiger partial charge in [-0.1, -0.05) is 19.9 Å². The molecule has 8 heteroatoms. The van der Waals surface area contributed by atoms with E-state index in [0.717, 1.165) is 23.6 Å². The minimum absolute atomic E-state index is 0.00559. The van der Waals surface area contributed by atoms with Gasteiger partial charge in [-0.2, -0.15) is 0 Å². The number of carbonyl (C=O) groups excluding carboxylic acids is 1. The molecule has 32 heavy (non-hydrogen) atoms. The van der Waals surface area contributed by atoms with Crippen LogP contribution < -0.4 is 0 Å². The van der Waals surface area contributed by atoms with Gasteiger partial charge >= 0.3 is 11.9 Å². The summed E-state index contributed by atoms with van der Waals surface area (Å²) in [5.41, 5.74) is -0.816. The predicted octanol–water partition coefficient (Wildman–Crippen LogP) is 1.36. The fourth-order valence-corrected chi connectivity index (χ4v) is 8.56. The second-order valence-electron chi connectivity index (χ2n) is 11.0. The summed E-state index contributed by atoms with van der Waals surface area (Å²) in [6, 6.07) is 0. The van der Waals surface area contributed by atoms with Crippen molar-refractivity contribution in [2.75, 3.05) is 13.2 Å². The molecule has 5 fully saturated rings. The Labute approximate surface area is 185 Å². The molecule has 3 aliphatic heterocycles. The molecule has 0 amide bonds. The van der Waals surface area contributed by atoms with Crippen molar-refractivity contribution < 1.29 is 38.7 Å². The lowest BCUT2D eigenvalue weighted by molar-refractivity contribution is -0.175. The molecule has 3 saturated carbocycles. The van der Waals surface area contributed by atoms with Gasteiger partial charge in [-0.15, -0.1) is 0 Å². The number of aliphatic hydroxyl groups is 1. The van der Waals surface area contributed by atoms with Gasteiger partial charge in [0.05, 0.1) is 24.4 Å². The van der Waals surface area contributed by atoms with Crippen LogP contribution in [0, 0.1) is 23.2 Å². The number of carboxylic acid groups (broad SMARTS) is 1. The van der Waals surface area contributed by atoms with E-state index in [9.17, 15) is 14.7 Å². The molecule has 2 N–H and O–H groups in total. The maximum absolute atomic E-state index is 12.3. The summed E-state index contributed by atoms with van der Waals surface area (Å²) in [5, 5.41) is 21.3. The van der Waals surface area contributed by atoms with Crippen LogP contribution in [0.3, 0.4) is 0 Å². The van der Waals surface area contributed by atoms with Crippen molar-refractivity contribution in [2.45, 2.75) is 74.6 Å².